The number of benzene rings is 2. The summed E-state index contributed by atoms with van der Waals surface area (Å²) in [4.78, 5) is 0. The number of aromatic nitrogens is 1. The Hall–Kier alpha value is -3.02. The summed E-state index contributed by atoms with van der Waals surface area (Å²) < 4.78 is 10.6. The molecule has 0 unspecified atom stereocenters. The van der Waals surface area contributed by atoms with E-state index in [2.05, 4.69) is 27.2 Å². The largest absolute Gasteiger partial charge is 0.497 e. The zero-order valence-corrected chi connectivity index (χ0v) is 15.8. The number of hydrogen-bond acceptors (Lipinski definition) is 4. The van der Waals surface area contributed by atoms with Crippen molar-refractivity contribution < 1.29 is 4.74 Å². The summed E-state index contributed by atoms with van der Waals surface area (Å²) in [6.45, 7) is 2.78. The van der Waals surface area contributed by atoms with Crippen LogP contribution < -0.4 is 9.46 Å². The highest BCUT2D eigenvalue weighted by molar-refractivity contribution is 7.99. The van der Waals surface area contributed by atoms with Crippen molar-refractivity contribution in [3.63, 3.8) is 0 Å². The van der Waals surface area contributed by atoms with Gasteiger partial charge >= 0.3 is 0 Å². The second kappa shape index (κ2) is 7.91. The quantitative estimate of drug-likeness (QED) is 0.544. The van der Waals surface area contributed by atoms with E-state index in [4.69, 9.17) is 4.74 Å². The van der Waals surface area contributed by atoms with Crippen LogP contribution in [0.3, 0.4) is 0 Å². The molecule has 0 amide bonds. The van der Waals surface area contributed by atoms with Gasteiger partial charge in [0.05, 0.1) is 18.2 Å². The molecule has 1 aromatic heterocycles. The first-order chi connectivity index (χ1) is 12.7. The van der Waals surface area contributed by atoms with Gasteiger partial charge in [0.15, 0.2) is 0 Å². The first kappa shape index (κ1) is 17.8. The predicted molar refractivity (Wildman–Crippen MR) is 108 cm³/mol. The summed E-state index contributed by atoms with van der Waals surface area (Å²) >= 11 is 1.54. The third kappa shape index (κ3) is 3.35. The Morgan fingerprint density at radius 3 is 2.73 bits per heavy atom. The van der Waals surface area contributed by atoms with E-state index in [0.29, 0.717) is 5.56 Å². The Balaban J connectivity index is 2.14. The smallest absolute Gasteiger partial charge is 0.120 e. The third-order valence-corrected chi connectivity index (χ3v) is 4.55. The van der Waals surface area contributed by atoms with Crippen molar-refractivity contribution in [2.45, 2.75) is 13.5 Å². The van der Waals surface area contributed by atoms with Crippen LogP contribution in [0.15, 0.2) is 42.5 Å². The van der Waals surface area contributed by atoms with E-state index in [1.165, 1.54) is 11.9 Å². The van der Waals surface area contributed by atoms with Crippen molar-refractivity contribution in [2.24, 2.45) is 0 Å². The molecule has 0 saturated carbocycles. The maximum Gasteiger partial charge on any atom is 0.120 e. The van der Waals surface area contributed by atoms with E-state index < -0.39 is 0 Å². The van der Waals surface area contributed by atoms with Crippen LogP contribution >= 0.6 is 11.9 Å². The number of anilines is 1. The summed E-state index contributed by atoms with van der Waals surface area (Å²) in [6.07, 6.45) is 1.98. The Labute approximate surface area is 157 Å². The van der Waals surface area contributed by atoms with Crippen LogP contribution in [0.1, 0.15) is 23.7 Å². The summed E-state index contributed by atoms with van der Waals surface area (Å²) in [6, 6.07) is 16.0. The third-order valence-electron chi connectivity index (χ3n) is 4.11. The molecule has 0 atom stereocenters. The van der Waals surface area contributed by atoms with Crippen LogP contribution in [0.25, 0.3) is 10.9 Å². The van der Waals surface area contributed by atoms with Gasteiger partial charge < -0.3 is 14.0 Å². The molecule has 5 heteroatoms. The maximum absolute atomic E-state index is 9.69. The fourth-order valence-electron chi connectivity index (χ4n) is 2.94. The number of hydrogen-bond donors (Lipinski definition) is 1. The van der Waals surface area contributed by atoms with E-state index in [-0.39, 0.29) is 0 Å². The van der Waals surface area contributed by atoms with Gasteiger partial charge in [-0.25, -0.2) is 0 Å². The first-order valence-corrected chi connectivity index (χ1v) is 9.45. The van der Waals surface area contributed by atoms with Crippen LogP contribution in [-0.2, 0) is 6.54 Å². The Morgan fingerprint density at radius 1 is 1.19 bits per heavy atom. The van der Waals surface area contributed by atoms with Crippen LogP contribution in [0, 0.1) is 23.2 Å². The second-order valence-electron chi connectivity index (χ2n) is 5.60. The molecule has 3 aromatic rings. The lowest BCUT2D eigenvalue weighted by Gasteiger charge is -2.05. The molecule has 0 saturated heterocycles. The maximum atomic E-state index is 9.69. The lowest BCUT2D eigenvalue weighted by molar-refractivity contribution is 0.415. The lowest BCUT2D eigenvalue weighted by atomic mass is 10.1. The molecule has 0 aliphatic carbocycles. The van der Waals surface area contributed by atoms with E-state index in [1.54, 1.807) is 7.11 Å². The molecule has 0 spiro atoms. The molecule has 0 aliphatic rings. The van der Waals surface area contributed by atoms with Crippen LogP contribution in [0.2, 0.25) is 0 Å². The van der Waals surface area contributed by atoms with Gasteiger partial charge in [-0.15, -0.1) is 0 Å². The highest BCUT2D eigenvalue weighted by Crippen LogP contribution is 2.29. The second-order valence-corrected chi connectivity index (χ2v) is 6.21. The fourth-order valence-corrected chi connectivity index (χ4v) is 3.30. The summed E-state index contributed by atoms with van der Waals surface area (Å²) in [7, 11) is 1.64. The number of nitriles is 1. The molecular formula is C21H19N3OS. The zero-order chi connectivity index (χ0) is 18.5. The number of nitrogens with zero attached hydrogens (tertiary/aromatic N) is 2. The standard InChI is InChI=1S/C21H19N3OS/c1-4-24-20(11-8-15-6-5-7-16(12-15)23-26-3)19(14-22)18-10-9-17(25-2)13-21(18)24/h5-7,9-10,12-13,23H,4H2,1-3H3. The van der Waals surface area contributed by atoms with Gasteiger partial charge in [-0.2, -0.15) is 5.26 Å². The summed E-state index contributed by atoms with van der Waals surface area (Å²) in [5.41, 5.74) is 4.21. The molecule has 3 rings (SSSR count). The first-order valence-electron chi connectivity index (χ1n) is 8.23. The topological polar surface area (TPSA) is 50.0 Å². The van der Waals surface area contributed by atoms with Gasteiger partial charge in [-0.05, 0) is 43.2 Å². The lowest BCUT2D eigenvalue weighted by Crippen LogP contribution is -1.98. The van der Waals surface area contributed by atoms with Crippen molar-refractivity contribution in [2.75, 3.05) is 18.1 Å². The highest BCUT2D eigenvalue weighted by atomic mass is 32.2. The zero-order valence-electron chi connectivity index (χ0n) is 15.0. The Bertz CT molecular complexity index is 1050. The summed E-state index contributed by atoms with van der Waals surface area (Å²) in [5.74, 6) is 7.18. The number of aryl methyl sites for hydroxylation is 1. The van der Waals surface area contributed by atoms with Gasteiger partial charge in [0.1, 0.15) is 17.5 Å². The van der Waals surface area contributed by atoms with E-state index in [9.17, 15) is 5.26 Å². The van der Waals surface area contributed by atoms with Crippen molar-refractivity contribution in [3.05, 3.63) is 59.3 Å². The Morgan fingerprint density at radius 2 is 2.04 bits per heavy atom. The molecule has 0 aliphatic heterocycles. The number of rotatable bonds is 4. The molecule has 1 N–H and O–H groups in total. The minimum Gasteiger partial charge on any atom is -0.497 e. The molecule has 0 bridgehead atoms. The SMILES string of the molecule is CCn1c(C#Cc2cccc(NSC)c2)c(C#N)c2ccc(OC)cc21. The molecule has 0 radical (unpaired) electrons. The number of methoxy groups -OCH3 is 1. The fraction of sp³-hybridized carbons (Fsp3) is 0.190. The van der Waals surface area contributed by atoms with Crippen molar-refractivity contribution in [3.8, 4) is 23.7 Å². The minimum absolute atomic E-state index is 0.607. The van der Waals surface area contributed by atoms with Gasteiger partial charge in [0.25, 0.3) is 0 Å². The number of fused-ring (bicyclic) bond motifs is 1. The van der Waals surface area contributed by atoms with Crippen molar-refractivity contribution in [1.29, 1.82) is 5.26 Å². The van der Waals surface area contributed by atoms with E-state index in [0.717, 1.165) is 40.1 Å². The van der Waals surface area contributed by atoms with Crippen LogP contribution in [0.5, 0.6) is 5.75 Å². The number of ether oxygens (including phenoxy) is 1. The van der Waals surface area contributed by atoms with E-state index >= 15 is 0 Å². The highest BCUT2D eigenvalue weighted by Gasteiger charge is 2.15. The van der Waals surface area contributed by atoms with E-state index in [1.807, 2.05) is 55.6 Å². The van der Waals surface area contributed by atoms with Crippen molar-refractivity contribution in [1.82, 2.24) is 4.57 Å². The van der Waals surface area contributed by atoms with Gasteiger partial charge in [-0.3, -0.25) is 0 Å². The van der Waals surface area contributed by atoms with Crippen LogP contribution in [0.4, 0.5) is 5.69 Å². The predicted octanol–water partition coefficient (Wildman–Crippen LogP) is 4.63. The average Bonchev–Trinajstić information content (AvgIpc) is 2.98. The Kier molecular flexibility index (Phi) is 5.41. The summed E-state index contributed by atoms with van der Waals surface area (Å²) in [5, 5.41) is 10.6. The van der Waals surface area contributed by atoms with Gasteiger partial charge in [0.2, 0.25) is 0 Å². The van der Waals surface area contributed by atoms with Crippen molar-refractivity contribution >= 4 is 28.5 Å². The average molecular weight is 361 g/mol. The molecule has 26 heavy (non-hydrogen) atoms. The minimum atomic E-state index is 0.607. The normalized spacial score (nSPS) is 10.1. The van der Waals surface area contributed by atoms with Gasteiger partial charge in [0, 0.05) is 35.5 Å². The molecule has 4 nitrogen and oxygen atoms in total. The molecule has 1 heterocycles. The molecule has 0 fully saturated rings. The monoisotopic (exact) mass is 361 g/mol. The number of nitrogens with one attached hydrogen (secondary N) is 1. The molecule has 2 aromatic carbocycles. The molecular weight excluding hydrogens is 342 g/mol. The van der Waals surface area contributed by atoms with Gasteiger partial charge in [-0.1, -0.05) is 23.9 Å². The van der Waals surface area contributed by atoms with Crippen LogP contribution in [-0.4, -0.2) is 17.9 Å². The molecule has 130 valence electrons.